The van der Waals surface area contributed by atoms with Gasteiger partial charge in [0.2, 0.25) is 5.91 Å². The number of nitrogens with zero attached hydrogens (tertiary/aromatic N) is 1. The second-order valence-corrected chi connectivity index (χ2v) is 3.56. The molecular formula is C12H13N3O2. The smallest absolute Gasteiger partial charge is 0.245 e. The van der Waals surface area contributed by atoms with E-state index >= 15 is 0 Å². The number of primary amides is 1. The van der Waals surface area contributed by atoms with Crippen molar-refractivity contribution in [3.05, 3.63) is 42.1 Å². The Labute approximate surface area is 98.5 Å². The van der Waals surface area contributed by atoms with Crippen molar-refractivity contribution in [2.75, 3.05) is 6.61 Å². The summed E-state index contributed by atoms with van der Waals surface area (Å²) in [6.45, 7) is 0.360. The van der Waals surface area contributed by atoms with Crippen molar-refractivity contribution < 1.29 is 9.63 Å². The highest BCUT2D eigenvalue weighted by molar-refractivity contribution is 5.81. The molecule has 2 rings (SSSR count). The normalized spacial score (nSPS) is 10.6. The van der Waals surface area contributed by atoms with Gasteiger partial charge in [-0.25, -0.2) is 0 Å². The fourth-order valence-corrected chi connectivity index (χ4v) is 1.56. The van der Waals surface area contributed by atoms with Gasteiger partial charge >= 0.3 is 0 Å². The first kappa shape index (κ1) is 11.5. The third-order valence-corrected chi connectivity index (χ3v) is 2.32. The maximum atomic E-state index is 10.5. The Kier molecular flexibility index (Phi) is 3.64. The quantitative estimate of drug-likeness (QED) is 0.587. The first-order valence-electron chi connectivity index (χ1n) is 5.23. The second kappa shape index (κ2) is 5.38. The van der Waals surface area contributed by atoms with E-state index < -0.39 is 5.91 Å². The number of benzene rings is 1. The van der Waals surface area contributed by atoms with E-state index in [1.165, 1.54) is 0 Å². The average Bonchev–Trinajstić information content (AvgIpc) is 2.34. The predicted octanol–water partition coefficient (Wildman–Crippen LogP) is 0.741. The zero-order chi connectivity index (χ0) is 12.1. The van der Waals surface area contributed by atoms with Gasteiger partial charge in [-0.3, -0.25) is 14.6 Å². The number of carbonyl (C=O) groups is 1. The van der Waals surface area contributed by atoms with Gasteiger partial charge in [-0.05, 0) is 17.7 Å². The molecule has 5 nitrogen and oxygen atoms in total. The predicted molar refractivity (Wildman–Crippen MR) is 63.7 cm³/mol. The molecule has 0 bridgehead atoms. The van der Waals surface area contributed by atoms with E-state index in [9.17, 15) is 4.79 Å². The topological polar surface area (TPSA) is 77.2 Å². The number of hydrogen-bond donors (Lipinski definition) is 2. The summed E-state index contributed by atoms with van der Waals surface area (Å²) in [6, 6.07) is 9.74. The number of para-hydroxylation sites is 1. The van der Waals surface area contributed by atoms with Crippen molar-refractivity contribution in [3.8, 4) is 0 Å². The van der Waals surface area contributed by atoms with Crippen LogP contribution in [-0.2, 0) is 16.2 Å². The molecule has 0 aliphatic rings. The summed E-state index contributed by atoms with van der Waals surface area (Å²) >= 11 is 0. The molecule has 0 aliphatic heterocycles. The number of hydrogen-bond acceptors (Lipinski definition) is 4. The molecule has 1 aromatic carbocycles. The number of carbonyl (C=O) groups excluding carboxylic acids is 1. The molecule has 1 heterocycles. The number of hydroxylamine groups is 1. The minimum absolute atomic E-state index is 0.136. The van der Waals surface area contributed by atoms with Gasteiger partial charge in [0.05, 0.1) is 5.52 Å². The summed E-state index contributed by atoms with van der Waals surface area (Å²) < 4.78 is 0. The molecule has 0 fully saturated rings. The van der Waals surface area contributed by atoms with Crippen LogP contribution in [0.1, 0.15) is 5.56 Å². The van der Waals surface area contributed by atoms with Crippen LogP contribution < -0.4 is 11.2 Å². The molecule has 0 unspecified atom stereocenters. The summed E-state index contributed by atoms with van der Waals surface area (Å²) in [6.07, 6.45) is 1.74. The van der Waals surface area contributed by atoms with Crippen LogP contribution in [0.2, 0.25) is 0 Å². The fourth-order valence-electron chi connectivity index (χ4n) is 1.56. The molecule has 0 radical (unpaired) electrons. The van der Waals surface area contributed by atoms with Crippen LogP contribution in [0.15, 0.2) is 36.5 Å². The standard InChI is InChI=1S/C12H13N3O2/c13-12(16)8-17-15-7-9-5-6-14-11-4-2-1-3-10(9)11/h1-6,15H,7-8H2,(H2,13,16). The Morgan fingerprint density at radius 1 is 1.35 bits per heavy atom. The number of nitrogens with two attached hydrogens (primary N) is 1. The Hall–Kier alpha value is -1.98. The van der Waals surface area contributed by atoms with E-state index in [1.54, 1.807) is 6.20 Å². The Morgan fingerprint density at radius 3 is 3.00 bits per heavy atom. The molecule has 0 saturated carbocycles. The fraction of sp³-hybridized carbons (Fsp3) is 0.167. The summed E-state index contributed by atoms with van der Waals surface area (Å²) in [4.78, 5) is 19.6. The number of pyridine rings is 1. The van der Waals surface area contributed by atoms with Crippen LogP contribution in [0.3, 0.4) is 0 Å². The van der Waals surface area contributed by atoms with E-state index in [0.717, 1.165) is 16.5 Å². The van der Waals surface area contributed by atoms with Gasteiger partial charge in [-0.15, -0.1) is 0 Å². The summed E-state index contributed by atoms with van der Waals surface area (Å²) in [5.74, 6) is -0.503. The van der Waals surface area contributed by atoms with Crippen molar-refractivity contribution >= 4 is 16.8 Å². The van der Waals surface area contributed by atoms with Crippen molar-refractivity contribution in [3.63, 3.8) is 0 Å². The van der Waals surface area contributed by atoms with Gasteiger partial charge in [-0.2, -0.15) is 5.48 Å². The largest absolute Gasteiger partial charge is 0.368 e. The van der Waals surface area contributed by atoms with Crippen LogP contribution in [0.5, 0.6) is 0 Å². The number of amides is 1. The molecule has 5 heteroatoms. The molecular weight excluding hydrogens is 218 g/mol. The molecule has 0 atom stereocenters. The van der Waals surface area contributed by atoms with Crippen molar-refractivity contribution in [2.45, 2.75) is 6.54 Å². The van der Waals surface area contributed by atoms with Gasteiger partial charge in [0.1, 0.15) is 6.61 Å². The molecule has 88 valence electrons. The van der Waals surface area contributed by atoms with Crippen LogP contribution in [-0.4, -0.2) is 17.5 Å². The third-order valence-electron chi connectivity index (χ3n) is 2.32. The van der Waals surface area contributed by atoms with Crippen LogP contribution in [0.25, 0.3) is 10.9 Å². The van der Waals surface area contributed by atoms with Crippen LogP contribution in [0, 0.1) is 0 Å². The van der Waals surface area contributed by atoms with E-state index in [1.807, 2.05) is 30.3 Å². The Bertz CT molecular complexity index is 523. The first-order chi connectivity index (χ1) is 8.27. The highest BCUT2D eigenvalue weighted by atomic mass is 16.6. The number of rotatable bonds is 5. The lowest BCUT2D eigenvalue weighted by molar-refractivity contribution is -0.125. The highest BCUT2D eigenvalue weighted by Crippen LogP contribution is 2.15. The second-order valence-electron chi connectivity index (χ2n) is 3.56. The molecule has 2 aromatic rings. The molecule has 1 aromatic heterocycles. The number of fused-ring (bicyclic) bond motifs is 1. The minimum Gasteiger partial charge on any atom is -0.368 e. The average molecular weight is 231 g/mol. The number of aromatic nitrogens is 1. The summed E-state index contributed by atoms with van der Waals surface area (Å²) in [7, 11) is 0. The van der Waals surface area contributed by atoms with Gasteiger partial charge < -0.3 is 5.73 Å². The van der Waals surface area contributed by atoms with Crippen molar-refractivity contribution in [1.29, 1.82) is 0 Å². The lowest BCUT2D eigenvalue weighted by Gasteiger charge is -2.07. The molecule has 1 amide bonds. The molecule has 0 saturated heterocycles. The number of nitrogens with one attached hydrogen (secondary N) is 1. The SMILES string of the molecule is NC(=O)CONCc1ccnc2ccccc12. The van der Waals surface area contributed by atoms with E-state index in [4.69, 9.17) is 10.6 Å². The minimum atomic E-state index is -0.503. The maximum Gasteiger partial charge on any atom is 0.245 e. The van der Waals surface area contributed by atoms with Gasteiger partial charge in [0, 0.05) is 18.1 Å². The van der Waals surface area contributed by atoms with E-state index in [-0.39, 0.29) is 6.61 Å². The first-order valence-corrected chi connectivity index (χ1v) is 5.23. The van der Waals surface area contributed by atoms with E-state index in [2.05, 4.69) is 10.5 Å². The molecule has 17 heavy (non-hydrogen) atoms. The van der Waals surface area contributed by atoms with Crippen LogP contribution in [0.4, 0.5) is 0 Å². The van der Waals surface area contributed by atoms with Gasteiger partial charge in [0.15, 0.2) is 0 Å². The lowest BCUT2D eigenvalue weighted by atomic mass is 10.1. The highest BCUT2D eigenvalue weighted by Gasteiger charge is 2.01. The Morgan fingerprint density at radius 2 is 2.18 bits per heavy atom. The zero-order valence-electron chi connectivity index (χ0n) is 9.22. The van der Waals surface area contributed by atoms with E-state index in [0.29, 0.717) is 6.54 Å². The summed E-state index contributed by atoms with van der Waals surface area (Å²) in [5, 5.41) is 1.06. The van der Waals surface area contributed by atoms with Crippen molar-refractivity contribution in [1.82, 2.24) is 10.5 Å². The van der Waals surface area contributed by atoms with Gasteiger partial charge in [0.25, 0.3) is 0 Å². The third kappa shape index (κ3) is 2.99. The van der Waals surface area contributed by atoms with Crippen molar-refractivity contribution in [2.24, 2.45) is 5.73 Å². The molecule has 0 aliphatic carbocycles. The monoisotopic (exact) mass is 231 g/mol. The molecule has 0 spiro atoms. The Balaban J connectivity index is 2.05. The zero-order valence-corrected chi connectivity index (χ0v) is 9.22. The lowest BCUT2D eigenvalue weighted by Crippen LogP contribution is -2.24. The summed E-state index contributed by atoms with van der Waals surface area (Å²) in [5.41, 5.74) is 9.63. The maximum absolute atomic E-state index is 10.5. The van der Waals surface area contributed by atoms with Crippen LogP contribution >= 0.6 is 0 Å². The molecule has 3 N–H and O–H groups in total. The van der Waals surface area contributed by atoms with Gasteiger partial charge in [-0.1, -0.05) is 18.2 Å².